The largest absolute Gasteiger partial charge is 0.461 e. The Morgan fingerprint density at radius 3 is 2.55 bits per heavy atom. The minimum absolute atomic E-state index is 0.0208. The first-order chi connectivity index (χ1) is 9.44. The van der Waals surface area contributed by atoms with Crippen molar-refractivity contribution in [2.24, 2.45) is 0 Å². The summed E-state index contributed by atoms with van der Waals surface area (Å²) < 4.78 is 5.83. The van der Waals surface area contributed by atoms with Crippen LogP contribution in [0, 0.1) is 0 Å². The number of hydrogen-bond donors (Lipinski definition) is 1. The van der Waals surface area contributed by atoms with Gasteiger partial charge in [0.1, 0.15) is 11.1 Å². The van der Waals surface area contributed by atoms with Gasteiger partial charge in [0, 0.05) is 5.54 Å². The summed E-state index contributed by atoms with van der Waals surface area (Å²) in [4.78, 5) is 0. The lowest BCUT2D eigenvalue weighted by molar-refractivity contribution is 0.224. The molecule has 4 nitrogen and oxygen atoms in total. The van der Waals surface area contributed by atoms with Gasteiger partial charge in [0.2, 0.25) is 0 Å². The molecule has 0 aliphatic heterocycles. The summed E-state index contributed by atoms with van der Waals surface area (Å²) in [5.74, 6) is 0. The van der Waals surface area contributed by atoms with Gasteiger partial charge < -0.3 is 10.1 Å². The molecule has 0 saturated heterocycles. The van der Waals surface area contributed by atoms with Gasteiger partial charge in [-0.1, -0.05) is 46.8 Å². The molecular formula is C15H21N3OS. The Kier molecular flexibility index (Phi) is 4.73. The summed E-state index contributed by atoms with van der Waals surface area (Å²) in [6.07, 6.45) is -0.0208. The Morgan fingerprint density at radius 1 is 1.20 bits per heavy atom. The minimum atomic E-state index is -0.0208. The van der Waals surface area contributed by atoms with E-state index in [0.29, 0.717) is 11.7 Å². The quantitative estimate of drug-likeness (QED) is 0.915. The lowest BCUT2D eigenvalue weighted by atomic mass is 10.1. The summed E-state index contributed by atoms with van der Waals surface area (Å²) in [5, 5.41) is 13.2. The molecule has 1 heterocycles. The molecule has 0 aliphatic carbocycles. The zero-order valence-electron chi connectivity index (χ0n) is 12.4. The van der Waals surface area contributed by atoms with E-state index in [1.54, 1.807) is 0 Å². The lowest BCUT2D eigenvalue weighted by Crippen LogP contribution is -2.35. The number of ether oxygens (including phenoxy) is 1. The first kappa shape index (κ1) is 14.9. The van der Waals surface area contributed by atoms with Gasteiger partial charge in [-0.15, -0.1) is 5.10 Å². The van der Waals surface area contributed by atoms with Crippen LogP contribution in [0.15, 0.2) is 30.3 Å². The molecule has 1 N–H and O–H groups in total. The highest BCUT2D eigenvalue weighted by atomic mass is 32.1. The Labute approximate surface area is 124 Å². The summed E-state index contributed by atoms with van der Waals surface area (Å²) in [7, 11) is 0. The van der Waals surface area contributed by atoms with E-state index in [9.17, 15) is 0 Å². The third-order valence-electron chi connectivity index (χ3n) is 2.76. The average molecular weight is 291 g/mol. The average Bonchev–Trinajstić information content (AvgIpc) is 2.84. The van der Waals surface area contributed by atoms with Crippen molar-refractivity contribution in [3.8, 4) is 5.19 Å². The molecule has 0 bridgehead atoms. The van der Waals surface area contributed by atoms with E-state index in [2.05, 4.69) is 36.3 Å². The highest BCUT2D eigenvalue weighted by molar-refractivity contribution is 7.13. The maximum absolute atomic E-state index is 5.83. The van der Waals surface area contributed by atoms with E-state index in [1.165, 1.54) is 11.3 Å². The second-order valence-corrected chi connectivity index (χ2v) is 6.76. The van der Waals surface area contributed by atoms with E-state index < -0.39 is 0 Å². The van der Waals surface area contributed by atoms with E-state index in [0.717, 1.165) is 10.6 Å². The standard InChI is InChI=1S/C15H21N3OS/c1-11(12-8-6-5-7-9-12)19-14-18-17-13(20-14)10-16-15(2,3)4/h5-9,11,16H,10H2,1-4H3. The smallest absolute Gasteiger partial charge is 0.294 e. The Morgan fingerprint density at radius 2 is 1.90 bits per heavy atom. The van der Waals surface area contributed by atoms with Crippen LogP contribution in [0.2, 0.25) is 0 Å². The molecule has 0 fully saturated rings. The summed E-state index contributed by atoms with van der Waals surface area (Å²) in [6.45, 7) is 9.11. The molecule has 1 aromatic heterocycles. The molecule has 0 amide bonds. The molecule has 0 saturated carbocycles. The number of benzene rings is 1. The van der Waals surface area contributed by atoms with Gasteiger partial charge in [-0.25, -0.2) is 0 Å². The highest BCUT2D eigenvalue weighted by Gasteiger charge is 2.13. The molecule has 2 rings (SSSR count). The monoisotopic (exact) mass is 291 g/mol. The summed E-state index contributed by atoms with van der Waals surface area (Å²) >= 11 is 1.49. The molecule has 0 radical (unpaired) electrons. The SMILES string of the molecule is CC(Oc1nnc(CNC(C)(C)C)s1)c1ccccc1. The summed E-state index contributed by atoms with van der Waals surface area (Å²) in [5.41, 5.74) is 1.21. The van der Waals surface area contributed by atoms with Crippen molar-refractivity contribution in [1.29, 1.82) is 0 Å². The van der Waals surface area contributed by atoms with Crippen LogP contribution in [0.3, 0.4) is 0 Å². The summed E-state index contributed by atoms with van der Waals surface area (Å²) in [6, 6.07) is 10.1. The zero-order chi connectivity index (χ0) is 14.6. The molecule has 0 spiro atoms. The van der Waals surface area contributed by atoms with Crippen molar-refractivity contribution in [2.75, 3.05) is 0 Å². The zero-order valence-corrected chi connectivity index (χ0v) is 13.2. The van der Waals surface area contributed by atoms with Crippen LogP contribution in [-0.4, -0.2) is 15.7 Å². The molecular weight excluding hydrogens is 270 g/mol. The topological polar surface area (TPSA) is 47.0 Å². The van der Waals surface area contributed by atoms with Crippen LogP contribution >= 0.6 is 11.3 Å². The van der Waals surface area contributed by atoms with Gasteiger partial charge in [0.25, 0.3) is 5.19 Å². The predicted molar refractivity (Wildman–Crippen MR) is 82.0 cm³/mol. The number of nitrogens with one attached hydrogen (secondary N) is 1. The number of hydrogen-bond acceptors (Lipinski definition) is 5. The van der Waals surface area contributed by atoms with E-state index >= 15 is 0 Å². The van der Waals surface area contributed by atoms with Gasteiger partial charge in [0.05, 0.1) is 6.54 Å². The fourth-order valence-corrected chi connectivity index (χ4v) is 2.34. The van der Waals surface area contributed by atoms with Crippen molar-refractivity contribution >= 4 is 11.3 Å². The molecule has 0 aliphatic rings. The fraction of sp³-hybridized carbons (Fsp3) is 0.467. The predicted octanol–water partition coefficient (Wildman–Crippen LogP) is 3.57. The van der Waals surface area contributed by atoms with Crippen molar-refractivity contribution < 1.29 is 4.74 Å². The number of aromatic nitrogens is 2. The van der Waals surface area contributed by atoms with Crippen LogP contribution in [0.1, 0.15) is 44.4 Å². The van der Waals surface area contributed by atoms with Crippen LogP contribution in [-0.2, 0) is 6.54 Å². The van der Waals surface area contributed by atoms with Gasteiger partial charge >= 0.3 is 0 Å². The first-order valence-electron chi connectivity index (χ1n) is 6.73. The second kappa shape index (κ2) is 6.33. The van der Waals surface area contributed by atoms with Crippen molar-refractivity contribution in [1.82, 2.24) is 15.5 Å². The Balaban J connectivity index is 1.93. The number of nitrogens with zero attached hydrogens (tertiary/aromatic N) is 2. The lowest BCUT2D eigenvalue weighted by Gasteiger charge is -2.19. The molecule has 1 atom stereocenters. The second-order valence-electron chi connectivity index (χ2n) is 5.74. The molecule has 1 unspecified atom stereocenters. The Bertz CT molecular complexity index is 534. The van der Waals surface area contributed by atoms with Gasteiger partial charge in [-0.2, -0.15) is 0 Å². The molecule has 2 aromatic rings. The minimum Gasteiger partial charge on any atom is -0.461 e. The van der Waals surface area contributed by atoms with Crippen LogP contribution < -0.4 is 10.1 Å². The molecule has 108 valence electrons. The van der Waals surface area contributed by atoms with Crippen LogP contribution in [0.5, 0.6) is 5.19 Å². The maximum Gasteiger partial charge on any atom is 0.294 e. The van der Waals surface area contributed by atoms with Crippen LogP contribution in [0.25, 0.3) is 0 Å². The normalized spacial score (nSPS) is 13.2. The van der Waals surface area contributed by atoms with Gasteiger partial charge in [-0.05, 0) is 33.3 Å². The fourth-order valence-electron chi connectivity index (χ4n) is 1.64. The van der Waals surface area contributed by atoms with E-state index in [1.807, 2.05) is 37.3 Å². The number of rotatable bonds is 5. The van der Waals surface area contributed by atoms with Crippen molar-refractivity contribution in [3.63, 3.8) is 0 Å². The Hall–Kier alpha value is -1.46. The first-order valence-corrected chi connectivity index (χ1v) is 7.55. The maximum atomic E-state index is 5.83. The van der Waals surface area contributed by atoms with Crippen LogP contribution in [0.4, 0.5) is 0 Å². The molecule has 5 heteroatoms. The van der Waals surface area contributed by atoms with Gasteiger partial charge in [0.15, 0.2) is 0 Å². The third kappa shape index (κ3) is 4.58. The van der Waals surface area contributed by atoms with E-state index in [4.69, 9.17) is 4.74 Å². The highest BCUT2D eigenvalue weighted by Crippen LogP contribution is 2.24. The third-order valence-corrected chi connectivity index (χ3v) is 3.58. The van der Waals surface area contributed by atoms with Gasteiger partial charge in [-0.3, -0.25) is 0 Å². The molecule has 1 aromatic carbocycles. The van der Waals surface area contributed by atoms with E-state index in [-0.39, 0.29) is 11.6 Å². The molecule has 20 heavy (non-hydrogen) atoms. The van der Waals surface area contributed by atoms with Crippen molar-refractivity contribution in [2.45, 2.75) is 45.9 Å². The van der Waals surface area contributed by atoms with Crippen molar-refractivity contribution in [3.05, 3.63) is 40.9 Å².